The summed E-state index contributed by atoms with van der Waals surface area (Å²) >= 11 is 0. The van der Waals surface area contributed by atoms with Crippen LogP contribution in [0.1, 0.15) is 54.0 Å². The van der Waals surface area contributed by atoms with Gasteiger partial charge < -0.3 is 10.0 Å². The van der Waals surface area contributed by atoms with Crippen LogP contribution in [0.4, 0.5) is 0 Å². The zero-order valence-corrected chi connectivity index (χ0v) is 11.2. The van der Waals surface area contributed by atoms with Crippen LogP contribution >= 0.6 is 0 Å². The second-order valence-corrected chi connectivity index (χ2v) is 5.08. The number of carboxylic acids is 1. The van der Waals surface area contributed by atoms with Crippen LogP contribution in [-0.4, -0.2) is 39.0 Å². The molecule has 0 spiro atoms. The van der Waals surface area contributed by atoms with E-state index in [-0.39, 0.29) is 23.7 Å². The molecule has 1 amide bonds. The van der Waals surface area contributed by atoms with Gasteiger partial charge in [-0.1, -0.05) is 0 Å². The first-order chi connectivity index (χ1) is 9.00. The zero-order valence-electron chi connectivity index (χ0n) is 11.2. The van der Waals surface area contributed by atoms with Crippen molar-refractivity contribution in [2.45, 2.75) is 45.2 Å². The number of aromatic nitrogens is 1. The Hall–Kier alpha value is -1.91. The lowest BCUT2D eigenvalue weighted by molar-refractivity contribution is 0.0510. The van der Waals surface area contributed by atoms with Crippen LogP contribution in [0.25, 0.3) is 0 Å². The van der Waals surface area contributed by atoms with Crippen molar-refractivity contribution in [1.82, 2.24) is 9.88 Å². The molecule has 102 valence electrons. The Labute approximate surface area is 112 Å². The number of carbonyl (C=O) groups is 2. The molecule has 1 fully saturated rings. The van der Waals surface area contributed by atoms with E-state index >= 15 is 0 Å². The lowest BCUT2D eigenvalue weighted by Gasteiger charge is -2.39. The van der Waals surface area contributed by atoms with Crippen LogP contribution in [0.15, 0.2) is 18.3 Å². The normalized spacial score (nSPS) is 23.2. The SMILES string of the molecule is C[C@@H]1CCC[C@H](C)N1C(=O)c1ccnc(C(=O)O)c1. The number of amides is 1. The molecule has 0 aliphatic carbocycles. The number of likely N-dealkylation sites (tertiary alicyclic amines) is 1. The van der Waals surface area contributed by atoms with Crippen molar-refractivity contribution < 1.29 is 14.7 Å². The van der Waals surface area contributed by atoms with Gasteiger partial charge in [-0.2, -0.15) is 0 Å². The summed E-state index contributed by atoms with van der Waals surface area (Å²) in [5.41, 5.74) is 0.302. The Balaban J connectivity index is 2.27. The lowest BCUT2D eigenvalue weighted by Crippen LogP contribution is -2.47. The van der Waals surface area contributed by atoms with Crippen LogP contribution in [0.2, 0.25) is 0 Å². The lowest BCUT2D eigenvalue weighted by atomic mass is 9.96. The van der Waals surface area contributed by atoms with E-state index < -0.39 is 5.97 Å². The molecule has 2 heterocycles. The van der Waals surface area contributed by atoms with Gasteiger partial charge in [0.1, 0.15) is 5.69 Å². The van der Waals surface area contributed by atoms with Crippen molar-refractivity contribution in [3.05, 3.63) is 29.6 Å². The average molecular weight is 262 g/mol. The van der Waals surface area contributed by atoms with Gasteiger partial charge >= 0.3 is 5.97 Å². The molecule has 5 heteroatoms. The van der Waals surface area contributed by atoms with E-state index in [9.17, 15) is 9.59 Å². The smallest absolute Gasteiger partial charge is 0.354 e. The average Bonchev–Trinajstić information content (AvgIpc) is 2.38. The van der Waals surface area contributed by atoms with Crippen molar-refractivity contribution in [2.75, 3.05) is 0 Å². The summed E-state index contributed by atoms with van der Waals surface area (Å²) in [5.74, 6) is -1.22. The molecule has 2 atom stereocenters. The van der Waals surface area contributed by atoms with E-state index in [0.29, 0.717) is 5.56 Å². The second kappa shape index (κ2) is 5.38. The third kappa shape index (κ3) is 2.75. The third-order valence-corrected chi connectivity index (χ3v) is 3.65. The minimum atomic E-state index is -1.12. The highest BCUT2D eigenvalue weighted by Crippen LogP contribution is 2.24. The number of rotatable bonds is 2. The number of aromatic carboxylic acids is 1. The Bertz CT molecular complexity index is 491. The Morgan fingerprint density at radius 2 is 1.95 bits per heavy atom. The second-order valence-electron chi connectivity index (χ2n) is 5.08. The molecule has 1 aromatic heterocycles. The number of nitrogens with zero attached hydrogens (tertiary/aromatic N) is 2. The van der Waals surface area contributed by atoms with Crippen molar-refractivity contribution in [3.8, 4) is 0 Å². The molecule has 1 saturated heterocycles. The molecule has 0 radical (unpaired) electrons. The first-order valence-electron chi connectivity index (χ1n) is 6.52. The highest BCUT2D eigenvalue weighted by atomic mass is 16.4. The van der Waals surface area contributed by atoms with E-state index in [1.807, 2.05) is 18.7 Å². The maximum Gasteiger partial charge on any atom is 0.354 e. The predicted octanol–water partition coefficient (Wildman–Crippen LogP) is 2.18. The molecule has 2 rings (SSSR count). The number of piperidine rings is 1. The predicted molar refractivity (Wildman–Crippen MR) is 70.1 cm³/mol. The van der Waals surface area contributed by atoms with Crippen LogP contribution in [0.3, 0.4) is 0 Å². The first-order valence-corrected chi connectivity index (χ1v) is 6.52. The van der Waals surface area contributed by atoms with E-state index in [1.165, 1.54) is 12.3 Å². The third-order valence-electron chi connectivity index (χ3n) is 3.65. The van der Waals surface area contributed by atoms with Crippen LogP contribution < -0.4 is 0 Å². The maximum absolute atomic E-state index is 12.5. The van der Waals surface area contributed by atoms with Gasteiger partial charge in [0.2, 0.25) is 0 Å². The van der Waals surface area contributed by atoms with Crippen molar-refractivity contribution in [3.63, 3.8) is 0 Å². The summed E-state index contributed by atoms with van der Waals surface area (Å²) in [6.45, 7) is 4.07. The number of carboxylic acid groups (broad SMARTS) is 1. The monoisotopic (exact) mass is 262 g/mol. The molecule has 0 bridgehead atoms. The molecule has 0 aromatic carbocycles. The fraction of sp³-hybridized carbons (Fsp3) is 0.500. The summed E-state index contributed by atoms with van der Waals surface area (Å²) in [6, 6.07) is 3.30. The Morgan fingerprint density at radius 3 is 2.53 bits per heavy atom. The maximum atomic E-state index is 12.5. The quantitative estimate of drug-likeness (QED) is 0.886. The van der Waals surface area contributed by atoms with Crippen molar-refractivity contribution in [1.29, 1.82) is 0 Å². The molecule has 1 aromatic rings. The van der Waals surface area contributed by atoms with Gasteiger partial charge in [0.15, 0.2) is 0 Å². The standard InChI is InChI=1S/C14H18N2O3/c1-9-4-3-5-10(2)16(9)13(17)11-6-7-15-12(8-11)14(18)19/h6-10H,3-5H2,1-2H3,(H,18,19)/t9-,10+. The van der Waals surface area contributed by atoms with Crippen molar-refractivity contribution >= 4 is 11.9 Å². The van der Waals surface area contributed by atoms with Crippen LogP contribution in [0.5, 0.6) is 0 Å². The fourth-order valence-corrected chi connectivity index (χ4v) is 2.65. The Morgan fingerprint density at radius 1 is 1.32 bits per heavy atom. The molecule has 19 heavy (non-hydrogen) atoms. The van der Waals surface area contributed by atoms with Crippen LogP contribution in [-0.2, 0) is 0 Å². The zero-order chi connectivity index (χ0) is 14.0. The first kappa shape index (κ1) is 13.5. The van der Waals surface area contributed by atoms with E-state index in [4.69, 9.17) is 5.11 Å². The molecular weight excluding hydrogens is 244 g/mol. The van der Waals surface area contributed by atoms with E-state index in [1.54, 1.807) is 6.07 Å². The molecular formula is C14H18N2O3. The molecule has 0 unspecified atom stereocenters. The highest BCUT2D eigenvalue weighted by Gasteiger charge is 2.29. The topological polar surface area (TPSA) is 70.5 Å². The van der Waals surface area contributed by atoms with E-state index in [0.717, 1.165) is 19.3 Å². The van der Waals surface area contributed by atoms with Crippen molar-refractivity contribution in [2.24, 2.45) is 0 Å². The molecule has 1 aliphatic rings. The van der Waals surface area contributed by atoms with Crippen LogP contribution in [0, 0.1) is 0 Å². The number of pyridine rings is 1. The van der Waals surface area contributed by atoms with Gasteiger partial charge in [0.25, 0.3) is 5.91 Å². The molecule has 1 N–H and O–H groups in total. The number of hydrogen-bond acceptors (Lipinski definition) is 3. The highest BCUT2D eigenvalue weighted by molar-refractivity contribution is 5.97. The van der Waals surface area contributed by atoms with Gasteiger partial charge in [0, 0.05) is 23.8 Å². The fourth-order valence-electron chi connectivity index (χ4n) is 2.65. The van der Waals surface area contributed by atoms with Gasteiger partial charge in [-0.25, -0.2) is 9.78 Å². The summed E-state index contributed by atoms with van der Waals surface area (Å²) in [4.78, 5) is 29.0. The summed E-state index contributed by atoms with van der Waals surface area (Å²) in [6.07, 6.45) is 4.48. The number of hydrogen-bond donors (Lipinski definition) is 1. The number of carbonyl (C=O) groups excluding carboxylic acids is 1. The van der Waals surface area contributed by atoms with Gasteiger partial charge in [-0.3, -0.25) is 4.79 Å². The summed E-state index contributed by atoms with van der Waals surface area (Å²) < 4.78 is 0. The van der Waals surface area contributed by atoms with Gasteiger partial charge in [-0.15, -0.1) is 0 Å². The largest absolute Gasteiger partial charge is 0.477 e. The molecule has 1 aliphatic heterocycles. The van der Waals surface area contributed by atoms with E-state index in [2.05, 4.69) is 4.98 Å². The van der Waals surface area contributed by atoms with Gasteiger partial charge in [0.05, 0.1) is 0 Å². The summed E-state index contributed by atoms with van der Waals surface area (Å²) in [7, 11) is 0. The Kier molecular flexibility index (Phi) is 3.83. The minimum Gasteiger partial charge on any atom is -0.477 e. The molecule has 0 saturated carbocycles. The van der Waals surface area contributed by atoms with Gasteiger partial charge in [-0.05, 0) is 45.2 Å². The summed E-state index contributed by atoms with van der Waals surface area (Å²) in [5, 5.41) is 8.92. The molecule has 5 nitrogen and oxygen atoms in total. The minimum absolute atomic E-state index is 0.0943.